The van der Waals surface area contributed by atoms with Crippen molar-refractivity contribution >= 4 is 62.9 Å². The number of rotatable bonds is 4. The summed E-state index contributed by atoms with van der Waals surface area (Å²) in [6.45, 7) is 5.21. The maximum atomic E-state index is 11.8. The number of fused-ring (bicyclic) bond motifs is 1. The van der Waals surface area contributed by atoms with Crippen LogP contribution in [0.2, 0.25) is 10.0 Å². The molecule has 0 bridgehead atoms. The molecule has 2 heterocycles. The Kier molecular flexibility index (Phi) is 8.83. The Morgan fingerprint density at radius 3 is 2.38 bits per heavy atom. The second kappa shape index (κ2) is 10.7. The van der Waals surface area contributed by atoms with E-state index in [1.165, 1.54) is 40.9 Å². The third-order valence-corrected chi connectivity index (χ3v) is 7.17. The van der Waals surface area contributed by atoms with Gasteiger partial charge in [-0.3, -0.25) is 14.2 Å². The standard InChI is InChI=1S/C14H18N2O5S.C6H4Cl2O3S/c1-14(2,3)21-8(17)5-4-7-6-22-12-9(15)11(18)16(12)10(7)13(19)20;7-5-2-1-4(3-6(5)8)12(9,10)11/h4-5,9,12H,6,15H2,1-3H3,(H,19,20);1-3H,(H,9,10,11)/t9?,12-;/m1./s1. The zero-order valence-corrected chi connectivity index (χ0v) is 21.3. The van der Waals surface area contributed by atoms with Gasteiger partial charge in [-0.05, 0) is 50.6 Å². The number of thioether (sulfide) groups is 1. The molecule has 186 valence electrons. The lowest BCUT2D eigenvalue weighted by Crippen LogP contribution is -2.68. The van der Waals surface area contributed by atoms with Crippen molar-refractivity contribution in [1.82, 2.24) is 4.90 Å². The molecular weight excluding hydrogens is 531 g/mol. The van der Waals surface area contributed by atoms with Crippen molar-refractivity contribution in [3.8, 4) is 0 Å². The average molecular weight is 553 g/mol. The number of β-lactam (4-membered cyclic amide) rings is 1. The molecule has 0 radical (unpaired) electrons. The number of carbonyl (C=O) groups is 3. The third-order valence-electron chi connectivity index (χ3n) is 4.26. The first-order valence-electron chi connectivity index (χ1n) is 9.53. The fourth-order valence-electron chi connectivity index (χ4n) is 2.81. The number of hydrogen-bond acceptors (Lipinski definition) is 8. The number of carbonyl (C=O) groups excluding carboxylic acids is 2. The van der Waals surface area contributed by atoms with Crippen LogP contribution in [0.1, 0.15) is 20.8 Å². The normalized spacial score (nSPS) is 20.3. The number of amides is 1. The maximum absolute atomic E-state index is 11.8. The monoisotopic (exact) mass is 552 g/mol. The number of allylic oxidation sites excluding steroid dienone is 1. The predicted octanol–water partition coefficient (Wildman–Crippen LogP) is 2.71. The summed E-state index contributed by atoms with van der Waals surface area (Å²) in [6, 6.07) is 2.88. The highest BCUT2D eigenvalue weighted by molar-refractivity contribution is 8.00. The van der Waals surface area contributed by atoms with E-state index in [4.69, 9.17) is 38.2 Å². The zero-order valence-electron chi connectivity index (χ0n) is 18.2. The first-order chi connectivity index (χ1) is 15.5. The van der Waals surface area contributed by atoms with Gasteiger partial charge in [0.2, 0.25) is 5.91 Å². The molecule has 0 spiro atoms. The van der Waals surface area contributed by atoms with Crippen molar-refractivity contribution in [3.63, 3.8) is 0 Å². The summed E-state index contributed by atoms with van der Waals surface area (Å²) in [5.41, 5.74) is 5.30. The molecule has 34 heavy (non-hydrogen) atoms. The number of benzene rings is 1. The SMILES string of the molecule is CC(C)(C)OC(=O)C=CC1=C(C(=O)O)N2C(=O)C(N)[C@H]2SC1.O=S(=O)(O)c1ccc(Cl)c(Cl)c1. The van der Waals surface area contributed by atoms with Crippen molar-refractivity contribution in [2.45, 2.75) is 42.7 Å². The Balaban J connectivity index is 0.000000287. The lowest BCUT2D eigenvalue weighted by atomic mass is 10.0. The Hall–Kier alpha value is -2.09. The molecule has 1 aromatic rings. The summed E-state index contributed by atoms with van der Waals surface area (Å²) < 4.78 is 34.8. The van der Waals surface area contributed by atoms with E-state index in [1.54, 1.807) is 20.8 Å². The molecule has 4 N–H and O–H groups in total. The Morgan fingerprint density at radius 2 is 1.88 bits per heavy atom. The van der Waals surface area contributed by atoms with E-state index in [0.29, 0.717) is 11.3 Å². The Bertz CT molecular complexity index is 1180. The van der Waals surface area contributed by atoms with Gasteiger partial charge in [-0.25, -0.2) is 9.59 Å². The molecule has 1 fully saturated rings. The van der Waals surface area contributed by atoms with Crippen LogP contribution in [0.15, 0.2) is 46.5 Å². The van der Waals surface area contributed by atoms with Gasteiger partial charge < -0.3 is 15.6 Å². The molecule has 1 amide bonds. The highest BCUT2D eigenvalue weighted by atomic mass is 35.5. The Labute approximate surface area is 210 Å². The van der Waals surface area contributed by atoms with Gasteiger partial charge in [0.25, 0.3) is 10.1 Å². The molecule has 1 unspecified atom stereocenters. The van der Waals surface area contributed by atoms with Crippen LogP contribution in [0.3, 0.4) is 0 Å². The van der Waals surface area contributed by atoms with Crippen LogP contribution in [0, 0.1) is 0 Å². The fraction of sp³-hybridized carbons (Fsp3) is 0.350. The number of nitrogens with two attached hydrogens (primary N) is 1. The first kappa shape index (κ1) is 28.1. The lowest BCUT2D eigenvalue weighted by Gasteiger charge is -2.47. The summed E-state index contributed by atoms with van der Waals surface area (Å²) in [5, 5.41) is 9.31. The van der Waals surface area contributed by atoms with Crippen LogP contribution in [0.5, 0.6) is 0 Å². The van der Waals surface area contributed by atoms with Crippen molar-refractivity contribution in [3.05, 3.63) is 51.7 Å². The van der Waals surface area contributed by atoms with Crippen LogP contribution in [-0.4, -0.2) is 63.6 Å². The molecule has 2 atom stereocenters. The highest BCUT2D eigenvalue weighted by Gasteiger charge is 2.51. The van der Waals surface area contributed by atoms with Gasteiger partial charge >= 0.3 is 11.9 Å². The topological polar surface area (TPSA) is 164 Å². The van der Waals surface area contributed by atoms with Crippen molar-refractivity contribution < 1.29 is 37.2 Å². The fourth-order valence-corrected chi connectivity index (χ4v) is 4.94. The second-order valence-electron chi connectivity index (χ2n) is 8.03. The van der Waals surface area contributed by atoms with Gasteiger partial charge in [0.1, 0.15) is 22.7 Å². The van der Waals surface area contributed by atoms with Crippen LogP contribution in [-0.2, 0) is 29.2 Å². The number of halogens is 2. The molecule has 10 nitrogen and oxygen atoms in total. The minimum Gasteiger partial charge on any atom is -0.477 e. The van der Waals surface area contributed by atoms with Gasteiger partial charge in [0.05, 0.1) is 14.9 Å². The van der Waals surface area contributed by atoms with Crippen LogP contribution >= 0.6 is 35.0 Å². The van der Waals surface area contributed by atoms with Crippen molar-refractivity contribution in [2.75, 3.05) is 5.75 Å². The number of hydrogen-bond donors (Lipinski definition) is 3. The molecule has 0 aliphatic carbocycles. The molecule has 0 saturated carbocycles. The van der Waals surface area contributed by atoms with Crippen LogP contribution in [0.4, 0.5) is 0 Å². The number of esters is 1. The summed E-state index contributed by atoms with van der Waals surface area (Å²) in [4.78, 5) is 35.8. The van der Waals surface area contributed by atoms with Crippen LogP contribution < -0.4 is 5.73 Å². The summed E-state index contributed by atoms with van der Waals surface area (Å²) in [5.74, 6) is -1.83. The molecule has 3 rings (SSSR count). The highest BCUT2D eigenvalue weighted by Crippen LogP contribution is 2.39. The predicted molar refractivity (Wildman–Crippen MR) is 127 cm³/mol. The largest absolute Gasteiger partial charge is 0.477 e. The van der Waals surface area contributed by atoms with Gasteiger partial charge in [-0.15, -0.1) is 11.8 Å². The quantitative estimate of drug-likeness (QED) is 0.219. The van der Waals surface area contributed by atoms with Gasteiger partial charge in [0.15, 0.2) is 0 Å². The molecule has 0 aromatic heterocycles. The van der Waals surface area contributed by atoms with E-state index in [2.05, 4.69) is 0 Å². The summed E-state index contributed by atoms with van der Waals surface area (Å²) in [6.07, 6.45) is 2.56. The van der Waals surface area contributed by atoms with E-state index in [9.17, 15) is 27.9 Å². The number of ether oxygens (including phenoxy) is 1. The third kappa shape index (κ3) is 6.96. The van der Waals surface area contributed by atoms with E-state index < -0.39 is 39.6 Å². The van der Waals surface area contributed by atoms with E-state index in [1.807, 2.05) is 0 Å². The number of carboxylic acids is 1. The zero-order chi connectivity index (χ0) is 26.0. The first-order valence-corrected chi connectivity index (χ1v) is 12.8. The van der Waals surface area contributed by atoms with E-state index >= 15 is 0 Å². The van der Waals surface area contributed by atoms with Gasteiger partial charge in [-0.2, -0.15) is 8.42 Å². The number of carboxylic acid groups (broad SMARTS) is 1. The lowest BCUT2D eigenvalue weighted by molar-refractivity contribution is -0.148. The molecule has 1 aromatic carbocycles. The smallest absolute Gasteiger partial charge is 0.352 e. The summed E-state index contributed by atoms with van der Waals surface area (Å²) >= 11 is 12.4. The molecule has 14 heteroatoms. The molecular formula is C20H22Cl2N2O8S2. The second-order valence-corrected chi connectivity index (χ2v) is 11.4. The maximum Gasteiger partial charge on any atom is 0.352 e. The van der Waals surface area contributed by atoms with Gasteiger partial charge in [-0.1, -0.05) is 23.2 Å². The molecule has 2 aliphatic rings. The Morgan fingerprint density at radius 1 is 1.26 bits per heavy atom. The number of aliphatic carboxylic acids is 1. The van der Waals surface area contributed by atoms with Crippen molar-refractivity contribution in [1.29, 1.82) is 0 Å². The minimum absolute atomic E-state index is 0.0896. The van der Waals surface area contributed by atoms with Crippen molar-refractivity contribution in [2.24, 2.45) is 5.73 Å². The average Bonchev–Trinajstić information content (AvgIpc) is 2.71. The molecule has 1 saturated heterocycles. The summed E-state index contributed by atoms with van der Waals surface area (Å²) in [7, 11) is -4.19. The van der Waals surface area contributed by atoms with E-state index in [0.717, 1.165) is 6.07 Å². The van der Waals surface area contributed by atoms with E-state index in [-0.39, 0.29) is 26.0 Å². The van der Waals surface area contributed by atoms with Gasteiger partial charge in [0, 0.05) is 11.8 Å². The van der Waals surface area contributed by atoms with Crippen LogP contribution in [0.25, 0.3) is 0 Å². The number of nitrogens with zero attached hydrogens (tertiary/aromatic N) is 1. The minimum atomic E-state index is -4.19. The molecule has 2 aliphatic heterocycles.